The molecule has 1 aliphatic heterocycles. The summed E-state index contributed by atoms with van der Waals surface area (Å²) in [5, 5.41) is 3.57. The van der Waals surface area contributed by atoms with Gasteiger partial charge in [0.05, 0.1) is 10.4 Å². The van der Waals surface area contributed by atoms with Crippen LogP contribution in [0.4, 0.5) is 13.2 Å². The molecule has 5 nitrogen and oxygen atoms in total. The van der Waals surface area contributed by atoms with Crippen molar-refractivity contribution in [3.63, 3.8) is 0 Å². The van der Waals surface area contributed by atoms with Gasteiger partial charge in [0.25, 0.3) is 11.7 Å². The third-order valence-corrected chi connectivity index (χ3v) is 6.41. The fourth-order valence-corrected chi connectivity index (χ4v) is 4.67. The fourth-order valence-electron chi connectivity index (χ4n) is 4.06. The number of carbonyl (C=O) groups excluding carboxylic acids is 2. The maximum Gasteiger partial charge on any atom is 0.465 e. The predicted octanol–water partition coefficient (Wildman–Crippen LogP) is 2.44. The minimum Gasteiger partial charge on any atom is -0.293 e. The second-order valence-electron chi connectivity index (χ2n) is 7.49. The molecule has 2 heterocycles. The van der Waals surface area contributed by atoms with Gasteiger partial charge in [-0.05, 0) is 49.3 Å². The van der Waals surface area contributed by atoms with Crippen molar-refractivity contribution < 1.29 is 27.8 Å². The first kappa shape index (κ1) is 20.6. The van der Waals surface area contributed by atoms with Crippen LogP contribution in [0.2, 0.25) is 0 Å². The molecular weight excluding hydrogens is 415 g/mol. The van der Waals surface area contributed by atoms with Crippen molar-refractivity contribution in [2.75, 3.05) is 0 Å². The zero-order chi connectivity index (χ0) is 21.4. The van der Waals surface area contributed by atoms with Crippen molar-refractivity contribution >= 4 is 29.0 Å². The summed E-state index contributed by atoms with van der Waals surface area (Å²) in [5.41, 5.74) is -2.75. The third kappa shape index (κ3) is 3.51. The van der Waals surface area contributed by atoms with Crippen molar-refractivity contribution in [3.05, 3.63) is 58.3 Å². The van der Waals surface area contributed by atoms with Gasteiger partial charge in [0.1, 0.15) is 6.04 Å². The Morgan fingerprint density at radius 1 is 1.10 bits per heavy atom. The van der Waals surface area contributed by atoms with Crippen LogP contribution in [-0.4, -0.2) is 40.4 Å². The monoisotopic (exact) mass is 436 g/mol. The average molecular weight is 436 g/mol. The molecule has 1 aromatic carbocycles. The summed E-state index contributed by atoms with van der Waals surface area (Å²) in [7, 11) is 0. The van der Waals surface area contributed by atoms with Gasteiger partial charge >= 0.3 is 17.7 Å². The van der Waals surface area contributed by atoms with E-state index in [0.29, 0.717) is 18.4 Å². The summed E-state index contributed by atoms with van der Waals surface area (Å²) in [6.45, 7) is 0. The predicted molar refractivity (Wildman–Crippen MR) is 106 cm³/mol. The van der Waals surface area contributed by atoms with Crippen LogP contribution in [0, 0.1) is 0 Å². The number of hydrogen-bond acceptors (Lipinski definition) is 3. The maximum atomic E-state index is 14.4. The molecule has 0 radical (unpaired) electrons. The Balaban J connectivity index is 1.81. The minimum atomic E-state index is -5.04. The highest BCUT2D eigenvalue weighted by Crippen LogP contribution is 2.33. The number of nitrogens with zero attached hydrogens (tertiary/aromatic N) is 1. The highest BCUT2D eigenvalue weighted by molar-refractivity contribution is 7.12. The summed E-state index contributed by atoms with van der Waals surface area (Å²) < 4.78 is 43.1. The molecule has 1 aromatic heterocycles. The molecule has 4 rings (SSSR count). The molecule has 2 N–H and O–H groups in total. The number of hydrogen-bond donors (Lipinski definition) is 2. The van der Waals surface area contributed by atoms with Crippen LogP contribution in [0.3, 0.4) is 0 Å². The van der Waals surface area contributed by atoms with Gasteiger partial charge in [0, 0.05) is 0 Å². The lowest BCUT2D eigenvalue weighted by Crippen LogP contribution is -2.96. The van der Waals surface area contributed by atoms with Gasteiger partial charge < -0.3 is 0 Å². The van der Waals surface area contributed by atoms with Crippen LogP contribution >= 0.6 is 11.3 Å². The van der Waals surface area contributed by atoms with Gasteiger partial charge in [-0.15, -0.1) is 11.3 Å². The molecule has 0 bridgehead atoms. The van der Waals surface area contributed by atoms with Crippen LogP contribution in [0.25, 0.3) is 0 Å². The van der Waals surface area contributed by atoms with E-state index in [1.807, 2.05) is 5.32 Å². The summed E-state index contributed by atoms with van der Waals surface area (Å²) in [6.07, 6.45) is -1.12. The zero-order valence-electron chi connectivity index (χ0n) is 16.0. The van der Waals surface area contributed by atoms with E-state index in [1.165, 1.54) is 11.0 Å². The van der Waals surface area contributed by atoms with E-state index >= 15 is 0 Å². The molecule has 158 valence electrons. The van der Waals surface area contributed by atoms with Crippen LogP contribution in [0.1, 0.15) is 47.3 Å². The quantitative estimate of drug-likeness (QED) is 0.774. The largest absolute Gasteiger partial charge is 0.465 e. The van der Waals surface area contributed by atoms with Gasteiger partial charge in [-0.1, -0.05) is 30.7 Å². The number of halogens is 3. The van der Waals surface area contributed by atoms with Crippen molar-refractivity contribution in [3.8, 4) is 0 Å². The lowest BCUT2D eigenvalue weighted by Gasteiger charge is -2.29. The highest BCUT2D eigenvalue weighted by Gasteiger charge is 2.73. The Hall–Kier alpha value is -2.68. The van der Waals surface area contributed by atoms with Crippen molar-refractivity contribution in [1.82, 2.24) is 10.2 Å². The van der Waals surface area contributed by atoms with Crippen molar-refractivity contribution in [2.24, 2.45) is 0 Å². The SMILES string of the molecule is O=C(N[C@@]1(C(F)(F)F)[NH+]=C(c2ccccc2)N(C2CCCCC2)C1=O)c1cccs1. The number of rotatable bonds is 4. The van der Waals surface area contributed by atoms with Gasteiger partial charge in [0.15, 0.2) is 0 Å². The Bertz CT molecular complexity index is 954. The Morgan fingerprint density at radius 2 is 1.80 bits per heavy atom. The molecule has 0 unspecified atom stereocenters. The van der Waals surface area contributed by atoms with Crippen LogP contribution in [-0.2, 0) is 4.79 Å². The lowest BCUT2D eigenvalue weighted by molar-refractivity contribution is -0.580. The molecule has 2 aliphatic rings. The van der Waals surface area contributed by atoms with Crippen LogP contribution in [0.15, 0.2) is 47.8 Å². The molecule has 1 atom stereocenters. The van der Waals surface area contributed by atoms with E-state index in [2.05, 4.69) is 4.99 Å². The minimum absolute atomic E-state index is 0.0799. The zero-order valence-corrected chi connectivity index (χ0v) is 16.9. The van der Waals surface area contributed by atoms with E-state index in [9.17, 15) is 22.8 Å². The number of amides is 2. The van der Waals surface area contributed by atoms with Gasteiger partial charge in [-0.25, -0.2) is 9.79 Å². The molecule has 1 fully saturated rings. The fraction of sp³-hybridized carbons (Fsp3) is 0.381. The number of carbonyl (C=O) groups is 2. The van der Waals surface area contributed by atoms with E-state index in [4.69, 9.17) is 0 Å². The Labute approximate surface area is 175 Å². The van der Waals surface area contributed by atoms with Crippen LogP contribution < -0.4 is 10.3 Å². The van der Waals surface area contributed by atoms with Gasteiger partial charge in [0.2, 0.25) is 0 Å². The summed E-state index contributed by atoms with van der Waals surface area (Å²) in [4.78, 5) is 29.7. The molecule has 0 spiro atoms. The number of benzene rings is 1. The first-order chi connectivity index (χ1) is 14.3. The Kier molecular flexibility index (Phi) is 5.40. The standard InChI is InChI=1S/C21H20F3N3O2S/c22-21(23,24)20(26-18(28)16-12-7-13-30-16)19(29)27(15-10-5-2-6-11-15)17(25-20)14-8-3-1-4-9-14/h1,3-4,7-9,12-13,15H,2,5-6,10-11H2,(H,26,28)/p+1/t20-/m0/s1. The second-order valence-corrected chi connectivity index (χ2v) is 8.43. The van der Waals surface area contributed by atoms with Gasteiger partial charge in [-0.3, -0.25) is 10.1 Å². The molecule has 9 heteroatoms. The number of nitrogens with one attached hydrogen (secondary N) is 2. The number of thiophene rings is 1. The molecule has 1 saturated carbocycles. The van der Waals surface area contributed by atoms with E-state index < -0.39 is 23.7 Å². The summed E-state index contributed by atoms with van der Waals surface area (Å²) >= 11 is 1.01. The van der Waals surface area contributed by atoms with Crippen molar-refractivity contribution in [1.29, 1.82) is 0 Å². The molecule has 2 aromatic rings. The topological polar surface area (TPSA) is 63.4 Å². The molecule has 0 saturated heterocycles. The maximum absolute atomic E-state index is 14.4. The molecule has 30 heavy (non-hydrogen) atoms. The normalized spacial score (nSPS) is 22.8. The smallest absolute Gasteiger partial charge is 0.293 e. The highest BCUT2D eigenvalue weighted by atomic mass is 32.1. The van der Waals surface area contributed by atoms with Gasteiger partial charge in [-0.2, -0.15) is 18.1 Å². The van der Waals surface area contributed by atoms with E-state index in [0.717, 1.165) is 30.6 Å². The summed E-state index contributed by atoms with van der Waals surface area (Å²) in [6, 6.07) is 11.1. The average Bonchev–Trinajstić information content (AvgIpc) is 3.37. The van der Waals surface area contributed by atoms with E-state index in [1.54, 1.807) is 41.8 Å². The van der Waals surface area contributed by atoms with E-state index in [-0.39, 0.29) is 16.8 Å². The third-order valence-electron chi connectivity index (χ3n) is 5.54. The first-order valence-electron chi connectivity index (χ1n) is 9.80. The second kappa shape index (κ2) is 7.86. The van der Waals surface area contributed by atoms with Crippen LogP contribution in [0.5, 0.6) is 0 Å². The molecular formula is C21H21F3N3O2S+. The lowest BCUT2D eigenvalue weighted by atomic mass is 9.93. The van der Waals surface area contributed by atoms with Crippen molar-refractivity contribution in [2.45, 2.75) is 50.0 Å². The molecule has 2 amide bonds. The number of amidine groups is 1. The number of alkyl halides is 3. The summed E-state index contributed by atoms with van der Waals surface area (Å²) in [5.74, 6) is -2.05. The first-order valence-corrected chi connectivity index (χ1v) is 10.7. The Morgan fingerprint density at radius 3 is 2.40 bits per heavy atom. The molecule has 1 aliphatic carbocycles.